The molecule has 2 rings (SSSR count). The third-order valence-corrected chi connectivity index (χ3v) is 2.52. The van der Waals surface area contributed by atoms with Crippen molar-refractivity contribution >= 4 is 5.91 Å². The lowest BCUT2D eigenvalue weighted by atomic mass is 10.2. The van der Waals surface area contributed by atoms with E-state index in [1.54, 1.807) is 4.90 Å². The lowest BCUT2D eigenvalue weighted by Gasteiger charge is -2.26. The summed E-state index contributed by atoms with van der Waals surface area (Å²) in [4.78, 5) is 40.0. The van der Waals surface area contributed by atoms with Crippen LogP contribution >= 0.6 is 0 Å². The first-order chi connectivity index (χ1) is 8.15. The monoisotopic (exact) mass is 239 g/mol. The highest BCUT2D eigenvalue weighted by atomic mass is 16.5. The molecule has 0 atom stereocenters. The highest BCUT2D eigenvalue weighted by molar-refractivity contribution is 5.78. The van der Waals surface area contributed by atoms with E-state index in [1.807, 2.05) is 0 Å². The van der Waals surface area contributed by atoms with Crippen LogP contribution in [0.1, 0.15) is 5.69 Å². The lowest BCUT2D eigenvalue weighted by molar-refractivity contribution is -0.134. The molecule has 1 amide bonds. The van der Waals surface area contributed by atoms with Crippen LogP contribution < -0.4 is 11.2 Å². The third-order valence-electron chi connectivity index (χ3n) is 2.52. The van der Waals surface area contributed by atoms with Crippen molar-refractivity contribution in [2.75, 3.05) is 26.3 Å². The second-order valence-electron chi connectivity index (χ2n) is 3.78. The number of aromatic nitrogens is 2. The first kappa shape index (κ1) is 11.6. The molecule has 2 N–H and O–H groups in total. The van der Waals surface area contributed by atoms with Crippen molar-refractivity contribution < 1.29 is 9.53 Å². The third kappa shape index (κ3) is 3.04. The zero-order valence-electron chi connectivity index (χ0n) is 9.19. The molecule has 1 aliphatic rings. The Morgan fingerprint density at radius 2 is 2.00 bits per heavy atom. The number of nitrogens with one attached hydrogen (secondary N) is 2. The number of rotatable bonds is 2. The van der Waals surface area contributed by atoms with Gasteiger partial charge in [0, 0.05) is 24.8 Å². The van der Waals surface area contributed by atoms with Gasteiger partial charge >= 0.3 is 5.69 Å². The van der Waals surface area contributed by atoms with Crippen LogP contribution in [0.2, 0.25) is 0 Å². The summed E-state index contributed by atoms with van der Waals surface area (Å²) >= 11 is 0. The van der Waals surface area contributed by atoms with Crippen molar-refractivity contribution in [2.45, 2.75) is 6.42 Å². The molecule has 0 bridgehead atoms. The van der Waals surface area contributed by atoms with Gasteiger partial charge in [0.1, 0.15) is 0 Å². The molecule has 2 heterocycles. The molecule has 1 aromatic rings. The molecule has 1 aliphatic heterocycles. The van der Waals surface area contributed by atoms with Gasteiger partial charge in [-0.1, -0.05) is 0 Å². The predicted molar refractivity (Wildman–Crippen MR) is 58.8 cm³/mol. The predicted octanol–water partition coefficient (Wildman–Crippen LogP) is -1.54. The van der Waals surface area contributed by atoms with Crippen molar-refractivity contribution in [1.29, 1.82) is 0 Å². The summed E-state index contributed by atoms with van der Waals surface area (Å²) in [5, 5.41) is 0. The van der Waals surface area contributed by atoms with E-state index in [9.17, 15) is 14.4 Å². The molecule has 17 heavy (non-hydrogen) atoms. The Balaban J connectivity index is 2.07. The Morgan fingerprint density at radius 3 is 2.65 bits per heavy atom. The molecular formula is C10H13N3O4. The van der Waals surface area contributed by atoms with Gasteiger partial charge in [-0.25, -0.2) is 4.79 Å². The normalized spacial score (nSPS) is 15.9. The number of morpholine rings is 1. The minimum atomic E-state index is -0.595. The average molecular weight is 239 g/mol. The van der Waals surface area contributed by atoms with Gasteiger partial charge in [0.15, 0.2) is 0 Å². The van der Waals surface area contributed by atoms with E-state index in [2.05, 4.69) is 9.97 Å². The first-order valence-electron chi connectivity index (χ1n) is 5.33. The van der Waals surface area contributed by atoms with Gasteiger partial charge in [-0.3, -0.25) is 14.6 Å². The first-order valence-corrected chi connectivity index (χ1v) is 5.33. The van der Waals surface area contributed by atoms with Crippen molar-refractivity contribution in [1.82, 2.24) is 14.9 Å². The number of carbonyl (C=O) groups excluding carboxylic acids is 1. The molecular weight excluding hydrogens is 226 g/mol. The number of H-pyrrole nitrogens is 2. The molecule has 0 aliphatic carbocycles. The van der Waals surface area contributed by atoms with Crippen LogP contribution in [-0.4, -0.2) is 47.1 Å². The summed E-state index contributed by atoms with van der Waals surface area (Å²) < 4.78 is 5.13. The molecule has 92 valence electrons. The fraction of sp³-hybridized carbons (Fsp3) is 0.500. The molecule has 1 saturated heterocycles. The van der Waals surface area contributed by atoms with Gasteiger partial charge in [0.05, 0.1) is 19.6 Å². The van der Waals surface area contributed by atoms with Crippen LogP contribution in [0.15, 0.2) is 15.7 Å². The minimum absolute atomic E-state index is 0.0269. The maximum Gasteiger partial charge on any atom is 0.325 e. The standard InChI is InChI=1S/C10H13N3O4/c14-8-5-7(11-10(16)12-8)6-9(15)13-1-3-17-4-2-13/h5H,1-4,6H2,(H2,11,12,14,16). The van der Waals surface area contributed by atoms with Crippen molar-refractivity contribution in [2.24, 2.45) is 0 Å². The summed E-state index contributed by atoms with van der Waals surface area (Å²) in [5.41, 5.74) is -0.768. The largest absolute Gasteiger partial charge is 0.378 e. The summed E-state index contributed by atoms with van der Waals surface area (Å²) in [7, 11) is 0. The number of hydrogen-bond donors (Lipinski definition) is 2. The number of nitrogens with zero attached hydrogens (tertiary/aromatic N) is 1. The summed E-state index contributed by atoms with van der Waals surface area (Å²) in [6, 6.07) is 1.22. The number of carbonyl (C=O) groups is 1. The zero-order chi connectivity index (χ0) is 12.3. The van der Waals surface area contributed by atoms with E-state index in [-0.39, 0.29) is 12.3 Å². The molecule has 0 radical (unpaired) electrons. The van der Waals surface area contributed by atoms with Gasteiger partial charge in [0.2, 0.25) is 5.91 Å². The quantitative estimate of drug-likeness (QED) is 0.654. The van der Waals surface area contributed by atoms with Crippen LogP contribution in [-0.2, 0) is 16.0 Å². The van der Waals surface area contributed by atoms with Crippen molar-refractivity contribution in [3.63, 3.8) is 0 Å². The topological polar surface area (TPSA) is 95.3 Å². The van der Waals surface area contributed by atoms with Crippen LogP contribution in [0, 0.1) is 0 Å². The van der Waals surface area contributed by atoms with Gasteiger partial charge in [-0.05, 0) is 0 Å². The van der Waals surface area contributed by atoms with Crippen molar-refractivity contribution in [3.8, 4) is 0 Å². The smallest absolute Gasteiger partial charge is 0.325 e. The van der Waals surface area contributed by atoms with Crippen LogP contribution in [0.4, 0.5) is 0 Å². The number of amides is 1. The number of hydrogen-bond acceptors (Lipinski definition) is 4. The second kappa shape index (κ2) is 4.96. The summed E-state index contributed by atoms with van der Waals surface area (Å²) in [6.45, 7) is 2.15. The summed E-state index contributed by atoms with van der Waals surface area (Å²) in [5.74, 6) is -0.116. The van der Waals surface area contributed by atoms with E-state index >= 15 is 0 Å². The van der Waals surface area contributed by atoms with E-state index < -0.39 is 11.2 Å². The fourth-order valence-corrected chi connectivity index (χ4v) is 1.70. The maximum absolute atomic E-state index is 11.8. The van der Waals surface area contributed by atoms with Crippen LogP contribution in [0.3, 0.4) is 0 Å². The molecule has 0 saturated carbocycles. The Morgan fingerprint density at radius 1 is 1.29 bits per heavy atom. The van der Waals surface area contributed by atoms with E-state index in [1.165, 1.54) is 6.07 Å². The fourth-order valence-electron chi connectivity index (χ4n) is 1.70. The average Bonchev–Trinajstić information content (AvgIpc) is 2.28. The van der Waals surface area contributed by atoms with Crippen LogP contribution in [0.5, 0.6) is 0 Å². The van der Waals surface area contributed by atoms with Crippen LogP contribution in [0.25, 0.3) is 0 Å². The lowest BCUT2D eigenvalue weighted by Crippen LogP contribution is -2.41. The SMILES string of the molecule is O=C(Cc1cc(=O)[nH]c(=O)[nH]1)N1CCOCC1. The van der Waals surface area contributed by atoms with E-state index in [0.717, 1.165) is 0 Å². The Bertz CT molecular complexity index is 485. The molecule has 1 fully saturated rings. The molecule has 7 nitrogen and oxygen atoms in total. The van der Waals surface area contributed by atoms with E-state index in [0.29, 0.717) is 32.0 Å². The highest BCUT2D eigenvalue weighted by Gasteiger charge is 2.17. The number of aromatic amines is 2. The second-order valence-corrected chi connectivity index (χ2v) is 3.78. The molecule has 1 aromatic heterocycles. The molecule has 7 heteroatoms. The molecule has 0 aromatic carbocycles. The highest BCUT2D eigenvalue weighted by Crippen LogP contribution is 2.00. The van der Waals surface area contributed by atoms with Gasteiger partial charge in [-0.2, -0.15) is 0 Å². The summed E-state index contributed by atoms with van der Waals surface area (Å²) in [6.07, 6.45) is 0.0269. The maximum atomic E-state index is 11.8. The minimum Gasteiger partial charge on any atom is -0.378 e. The molecule has 0 spiro atoms. The van der Waals surface area contributed by atoms with Gasteiger partial charge in [0.25, 0.3) is 5.56 Å². The zero-order valence-corrected chi connectivity index (χ0v) is 9.19. The van der Waals surface area contributed by atoms with E-state index in [4.69, 9.17) is 4.74 Å². The molecule has 0 unspecified atom stereocenters. The number of ether oxygens (including phenoxy) is 1. The van der Waals surface area contributed by atoms with Crippen molar-refractivity contribution in [3.05, 3.63) is 32.6 Å². The van der Waals surface area contributed by atoms with Gasteiger partial charge in [-0.15, -0.1) is 0 Å². The Kier molecular flexibility index (Phi) is 3.38. The Labute approximate surface area is 96.4 Å². The van der Waals surface area contributed by atoms with Gasteiger partial charge < -0.3 is 14.6 Å². The Hall–Kier alpha value is -1.89.